The van der Waals surface area contributed by atoms with Crippen LogP contribution in [0.25, 0.3) is 0 Å². The van der Waals surface area contributed by atoms with Crippen molar-refractivity contribution in [3.05, 3.63) is 58.7 Å². The number of thiocarbonyl (C=S) groups is 1. The highest BCUT2D eigenvalue weighted by molar-refractivity contribution is 7.80. The highest BCUT2D eigenvalue weighted by Gasteiger charge is 2.23. The number of aryl methyl sites for hydroxylation is 1. The first-order valence-electron chi connectivity index (χ1n) is 9.89. The topological polar surface area (TPSA) is 42.5 Å². The second kappa shape index (κ2) is 9.28. The fraction of sp³-hybridized carbons (Fsp3) is 0.435. The molecule has 0 bridgehead atoms. The Balaban J connectivity index is 1.63. The third-order valence-corrected chi connectivity index (χ3v) is 5.63. The highest BCUT2D eigenvalue weighted by atomic mass is 32.1. The molecule has 0 aromatic heterocycles. The van der Waals surface area contributed by atoms with Crippen LogP contribution in [0.5, 0.6) is 11.5 Å². The van der Waals surface area contributed by atoms with Gasteiger partial charge in [-0.05, 0) is 71.8 Å². The van der Waals surface area contributed by atoms with Gasteiger partial charge in [0.05, 0.1) is 20.3 Å². The van der Waals surface area contributed by atoms with E-state index in [2.05, 4.69) is 60.9 Å². The van der Waals surface area contributed by atoms with Crippen LogP contribution < -0.4 is 20.1 Å². The summed E-state index contributed by atoms with van der Waals surface area (Å²) in [5.41, 5.74) is 5.12. The molecule has 0 fully saturated rings. The number of ether oxygens (including phenoxy) is 2. The predicted octanol–water partition coefficient (Wildman–Crippen LogP) is 4.87. The Labute approximate surface area is 173 Å². The molecular formula is C23H30N2O2S. The minimum Gasteiger partial charge on any atom is -0.493 e. The van der Waals surface area contributed by atoms with Crippen LogP contribution in [0.4, 0.5) is 0 Å². The van der Waals surface area contributed by atoms with Gasteiger partial charge in [-0.1, -0.05) is 38.1 Å². The molecule has 2 aromatic carbocycles. The first-order valence-corrected chi connectivity index (χ1v) is 10.3. The number of hydrogen-bond acceptors (Lipinski definition) is 3. The lowest BCUT2D eigenvalue weighted by Crippen LogP contribution is -2.38. The van der Waals surface area contributed by atoms with Crippen molar-refractivity contribution in [2.24, 2.45) is 0 Å². The molecule has 0 saturated heterocycles. The summed E-state index contributed by atoms with van der Waals surface area (Å²) in [6.07, 6.45) is 3.23. The number of fused-ring (bicyclic) bond motifs is 1. The maximum absolute atomic E-state index is 5.56. The first-order chi connectivity index (χ1) is 13.5. The Hall–Kier alpha value is -2.27. The van der Waals surface area contributed by atoms with Gasteiger partial charge in [-0.15, -0.1) is 0 Å². The number of rotatable bonds is 6. The minimum absolute atomic E-state index is 0.187. The maximum atomic E-state index is 5.56. The van der Waals surface area contributed by atoms with Gasteiger partial charge in [0, 0.05) is 6.54 Å². The Morgan fingerprint density at radius 2 is 1.79 bits per heavy atom. The lowest BCUT2D eigenvalue weighted by Gasteiger charge is -2.28. The SMILES string of the molecule is COc1cc2c(cc1OC)C(NC(=S)NCc1ccc(C(C)C)cc1)CCC2. The van der Waals surface area contributed by atoms with Crippen molar-refractivity contribution in [1.29, 1.82) is 0 Å². The normalized spacial score (nSPS) is 15.7. The van der Waals surface area contributed by atoms with E-state index in [1.54, 1.807) is 14.2 Å². The van der Waals surface area contributed by atoms with Crippen molar-refractivity contribution >= 4 is 17.3 Å². The molecule has 1 aliphatic carbocycles. The molecule has 0 amide bonds. The minimum atomic E-state index is 0.187. The second-order valence-electron chi connectivity index (χ2n) is 7.57. The smallest absolute Gasteiger partial charge is 0.167 e. The Bertz CT molecular complexity index is 818. The van der Waals surface area contributed by atoms with Gasteiger partial charge in [0.1, 0.15) is 0 Å². The first kappa shape index (κ1) is 20.5. The third-order valence-electron chi connectivity index (χ3n) is 5.36. The summed E-state index contributed by atoms with van der Waals surface area (Å²) >= 11 is 5.56. The predicted molar refractivity (Wildman–Crippen MR) is 118 cm³/mol. The fourth-order valence-corrected chi connectivity index (χ4v) is 3.91. The van der Waals surface area contributed by atoms with Crippen molar-refractivity contribution in [3.8, 4) is 11.5 Å². The molecule has 1 atom stereocenters. The number of benzene rings is 2. The molecule has 5 heteroatoms. The lowest BCUT2D eigenvalue weighted by atomic mass is 9.87. The van der Waals surface area contributed by atoms with E-state index < -0.39 is 0 Å². The highest BCUT2D eigenvalue weighted by Crippen LogP contribution is 2.38. The monoisotopic (exact) mass is 398 g/mol. The summed E-state index contributed by atoms with van der Waals surface area (Å²) in [5, 5.41) is 7.51. The van der Waals surface area contributed by atoms with Crippen LogP contribution in [0.3, 0.4) is 0 Å². The average Bonchev–Trinajstić information content (AvgIpc) is 2.71. The lowest BCUT2D eigenvalue weighted by molar-refractivity contribution is 0.352. The quantitative estimate of drug-likeness (QED) is 0.680. The van der Waals surface area contributed by atoms with E-state index in [-0.39, 0.29) is 6.04 Å². The number of methoxy groups -OCH3 is 2. The van der Waals surface area contributed by atoms with Crippen LogP contribution in [-0.4, -0.2) is 19.3 Å². The van der Waals surface area contributed by atoms with E-state index in [0.717, 1.165) is 37.3 Å². The van der Waals surface area contributed by atoms with Gasteiger partial charge >= 0.3 is 0 Å². The molecule has 1 unspecified atom stereocenters. The summed E-state index contributed by atoms with van der Waals surface area (Å²) in [7, 11) is 3.35. The zero-order chi connectivity index (χ0) is 20.1. The molecular weight excluding hydrogens is 368 g/mol. The fourth-order valence-electron chi connectivity index (χ4n) is 3.69. The Kier molecular flexibility index (Phi) is 6.79. The maximum Gasteiger partial charge on any atom is 0.167 e. The average molecular weight is 399 g/mol. The van der Waals surface area contributed by atoms with Gasteiger partial charge in [0.2, 0.25) is 0 Å². The summed E-state index contributed by atoms with van der Waals surface area (Å²) in [5.74, 6) is 2.10. The van der Waals surface area contributed by atoms with Gasteiger partial charge in [0.15, 0.2) is 16.6 Å². The van der Waals surface area contributed by atoms with Gasteiger partial charge < -0.3 is 20.1 Å². The number of nitrogens with one attached hydrogen (secondary N) is 2. The van der Waals surface area contributed by atoms with Crippen LogP contribution in [0.15, 0.2) is 36.4 Å². The van der Waals surface area contributed by atoms with E-state index in [9.17, 15) is 0 Å². The zero-order valence-corrected chi connectivity index (χ0v) is 18.0. The third kappa shape index (κ3) is 4.76. The molecule has 1 aliphatic rings. The van der Waals surface area contributed by atoms with E-state index in [4.69, 9.17) is 21.7 Å². The number of hydrogen-bond donors (Lipinski definition) is 2. The van der Waals surface area contributed by atoms with Crippen molar-refractivity contribution < 1.29 is 9.47 Å². The molecule has 2 N–H and O–H groups in total. The second-order valence-corrected chi connectivity index (χ2v) is 7.98. The van der Waals surface area contributed by atoms with Crippen molar-refractivity contribution in [3.63, 3.8) is 0 Å². The van der Waals surface area contributed by atoms with Crippen LogP contribution in [0.1, 0.15) is 60.9 Å². The molecule has 150 valence electrons. The molecule has 0 saturated carbocycles. The van der Waals surface area contributed by atoms with Crippen LogP contribution >= 0.6 is 12.2 Å². The van der Waals surface area contributed by atoms with Crippen LogP contribution in [0.2, 0.25) is 0 Å². The summed E-state index contributed by atoms with van der Waals surface area (Å²) in [4.78, 5) is 0. The van der Waals surface area contributed by atoms with E-state index in [1.807, 2.05) is 0 Å². The van der Waals surface area contributed by atoms with Crippen LogP contribution in [0, 0.1) is 0 Å². The molecule has 4 nitrogen and oxygen atoms in total. The van der Waals surface area contributed by atoms with E-state index in [1.165, 1.54) is 22.3 Å². The summed E-state index contributed by atoms with van der Waals surface area (Å²) < 4.78 is 10.9. The molecule has 28 heavy (non-hydrogen) atoms. The van der Waals surface area contributed by atoms with Gasteiger partial charge in [-0.3, -0.25) is 0 Å². The van der Waals surface area contributed by atoms with Gasteiger partial charge in [-0.2, -0.15) is 0 Å². The largest absolute Gasteiger partial charge is 0.493 e. The van der Waals surface area contributed by atoms with Crippen LogP contribution in [-0.2, 0) is 13.0 Å². The zero-order valence-electron chi connectivity index (χ0n) is 17.2. The van der Waals surface area contributed by atoms with Crippen molar-refractivity contribution in [1.82, 2.24) is 10.6 Å². The molecule has 0 radical (unpaired) electrons. The summed E-state index contributed by atoms with van der Waals surface area (Å²) in [6.45, 7) is 5.13. The molecule has 0 heterocycles. The molecule has 3 rings (SSSR count). The molecule has 0 spiro atoms. The summed E-state index contributed by atoms with van der Waals surface area (Å²) in [6, 6.07) is 13.1. The van der Waals surface area contributed by atoms with Gasteiger partial charge in [-0.25, -0.2) is 0 Å². The standard InChI is InChI=1S/C23H30N2O2S/c1-15(2)17-10-8-16(9-11-17)14-24-23(28)25-20-7-5-6-18-12-21(26-3)22(27-4)13-19(18)20/h8-13,15,20H,5-7,14H2,1-4H3,(H2,24,25,28). The molecule has 2 aromatic rings. The van der Waals surface area contributed by atoms with Crippen molar-refractivity contribution in [2.45, 2.75) is 51.6 Å². The Morgan fingerprint density at radius 3 is 2.43 bits per heavy atom. The Morgan fingerprint density at radius 1 is 1.11 bits per heavy atom. The van der Waals surface area contributed by atoms with E-state index in [0.29, 0.717) is 11.0 Å². The molecule has 0 aliphatic heterocycles. The van der Waals surface area contributed by atoms with E-state index >= 15 is 0 Å². The van der Waals surface area contributed by atoms with Crippen molar-refractivity contribution in [2.75, 3.05) is 14.2 Å². The van der Waals surface area contributed by atoms with Gasteiger partial charge in [0.25, 0.3) is 0 Å².